The monoisotopic (exact) mass is 490 g/mol. The average Bonchev–Trinajstić information content (AvgIpc) is 3.41. The fourth-order valence-electron chi connectivity index (χ4n) is 4.05. The normalized spacial score (nSPS) is 17.2. The maximum atomic E-state index is 13.8. The fourth-order valence-corrected chi connectivity index (χ4v) is 5.07. The number of carbonyl (C=O) groups is 2. The number of aromatic nitrogens is 1. The molecule has 35 heavy (non-hydrogen) atoms. The van der Waals surface area contributed by atoms with E-state index in [1.807, 2.05) is 0 Å². The molecule has 2 heterocycles. The third-order valence-electron chi connectivity index (χ3n) is 5.76. The summed E-state index contributed by atoms with van der Waals surface area (Å²) in [5.74, 6) is -1.35. The third-order valence-corrected chi connectivity index (χ3v) is 6.78. The molecule has 1 N–H and O–H groups in total. The average molecular weight is 491 g/mol. The highest BCUT2D eigenvalue weighted by atomic mass is 32.1. The zero-order chi connectivity index (χ0) is 24.7. The zero-order valence-electron chi connectivity index (χ0n) is 18.7. The molecule has 5 rings (SSSR count). The number of aliphatic hydroxyl groups is 1. The van der Waals surface area contributed by atoms with E-state index >= 15 is 0 Å². The Hall–Kier alpha value is -4.24. The molecule has 1 fully saturated rings. The van der Waals surface area contributed by atoms with Gasteiger partial charge in [0.15, 0.2) is 5.13 Å². The van der Waals surface area contributed by atoms with E-state index in [0.29, 0.717) is 32.8 Å². The van der Waals surface area contributed by atoms with Gasteiger partial charge in [-0.15, -0.1) is 0 Å². The fraction of sp³-hybridized carbons (Fsp3) is 0.115. The van der Waals surface area contributed by atoms with E-state index in [9.17, 15) is 19.1 Å². The second-order valence-corrected chi connectivity index (χ2v) is 8.79. The Kier molecular flexibility index (Phi) is 5.70. The van der Waals surface area contributed by atoms with E-state index in [1.54, 1.807) is 48.5 Å². The topological polar surface area (TPSA) is 89.0 Å². The minimum Gasteiger partial charge on any atom is -0.507 e. The predicted octanol–water partition coefficient (Wildman–Crippen LogP) is 5.08. The van der Waals surface area contributed by atoms with Gasteiger partial charge >= 0.3 is 5.91 Å². The van der Waals surface area contributed by atoms with Crippen LogP contribution in [0.15, 0.2) is 72.3 Å². The molecule has 1 aliphatic heterocycles. The number of halogens is 1. The maximum absolute atomic E-state index is 13.8. The number of carbonyl (C=O) groups excluding carboxylic acids is 2. The van der Waals surface area contributed by atoms with Crippen molar-refractivity contribution < 1.29 is 28.6 Å². The smallest absolute Gasteiger partial charge is 0.301 e. The number of benzene rings is 3. The van der Waals surface area contributed by atoms with Crippen LogP contribution < -0.4 is 14.4 Å². The quantitative estimate of drug-likeness (QED) is 0.239. The highest BCUT2D eigenvalue weighted by Crippen LogP contribution is 2.45. The van der Waals surface area contributed by atoms with Crippen LogP contribution in [0, 0.1) is 5.82 Å². The molecular weight excluding hydrogens is 471 g/mol. The number of amides is 1. The minimum atomic E-state index is -0.974. The van der Waals surface area contributed by atoms with Gasteiger partial charge in [0.1, 0.15) is 23.1 Å². The predicted molar refractivity (Wildman–Crippen MR) is 130 cm³/mol. The first kappa shape index (κ1) is 22.5. The lowest BCUT2D eigenvalue weighted by molar-refractivity contribution is -0.132. The largest absolute Gasteiger partial charge is 0.507 e. The van der Waals surface area contributed by atoms with Crippen LogP contribution in [-0.2, 0) is 9.59 Å². The maximum Gasteiger partial charge on any atom is 0.301 e. The van der Waals surface area contributed by atoms with Crippen molar-refractivity contribution in [3.05, 3.63) is 89.2 Å². The van der Waals surface area contributed by atoms with Gasteiger partial charge in [-0.3, -0.25) is 14.5 Å². The molecule has 0 bridgehead atoms. The molecule has 0 radical (unpaired) electrons. The van der Waals surface area contributed by atoms with Gasteiger partial charge in [0, 0.05) is 5.56 Å². The van der Waals surface area contributed by atoms with Crippen LogP contribution in [-0.4, -0.2) is 36.0 Å². The molecule has 0 unspecified atom stereocenters. The molecule has 0 spiro atoms. The SMILES string of the molecule is COc1ccc(/C(O)=C2\C(=O)C(=O)N(c3nc4ccc(F)cc4s3)[C@@H]2c2cccc(OC)c2)cc1. The number of Topliss-reactive ketones (excluding diaryl/α,β-unsaturated/α-hetero) is 1. The number of rotatable bonds is 5. The number of aliphatic hydroxyl groups excluding tert-OH is 1. The lowest BCUT2D eigenvalue weighted by Gasteiger charge is -2.23. The van der Waals surface area contributed by atoms with Crippen molar-refractivity contribution in [2.45, 2.75) is 6.04 Å². The van der Waals surface area contributed by atoms with E-state index < -0.39 is 23.5 Å². The van der Waals surface area contributed by atoms with Crippen molar-refractivity contribution in [1.29, 1.82) is 0 Å². The standard InChI is InChI=1S/C26H19FN2O5S/c1-33-17-9-6-14(7-10-17)23(30)21-22(15-4-3-5-18(12-15)34-2)29(25(32)24(21)31)26-28-19-11-8-16(27)13-20(19)35-26/h3-13,22,30H,1-2H3/b23-21+/t22-/m1/s1. The molecular formula is C26H19FN2O5S. The number of fused-ring (bicyclic) bond motifs is 1. The van der Waals surface area contributed by atoms with Gasteiger partial charge < -0.3 is 14.6 Å². The molecule has 1 aromatic heterocycles. The zero-order valence-corrected chi connectivity index (χ0v) is 19.5. The molecule has 0 saturated carbocycles. The van der Waals surface area contributed by atoms with Crippen molar-refractivity contribution in [2.24, 2.45) is 0 Å². The molecule has 4 aromatic rings. The highest BCUT2D eigenvalue weighted by Gasteiger charge is 2.48. The molecule has 9 heteroatoms. The molecule has 0 aliphatic carbocycles. The van der Waals surface area contributed by atoms with E-state index in [1.165, 1.54) is 37.3 Å². The summed E-state index contributed by atoms with van der Waals surface area (Å²) in [7, 11) is 3.03. The van der Waals surface area contributed by atoms with Crippen LogP contribution in [0.25, 0.3) is 16.0 Å². The van der Waals surface area contributed by atoms with Crippen LogP contribution in [0.2, 0.25) is 0 Å². The summed E-state index contributed by atoms with van der Waals surface area (Å²) < 4.78 is 24.8. The number of ketones is 1. The van der Waals surface area contributed by atoms with E-state index in [-0.39, 0.29) is 16.5 Å². The third kappa shape index (κ3) is 3.89. The number of ether oxygens (including phenoxy) is 2. The first-order chi connectivity index (χ1) is 16.9. The second kappa shape index (κ2) is 8.84. The van der Waals surface area contributed by atoms with Crippen molar-refractivity contribution >= 4 is 44.1 Å². The Balaban J connectivity index is 1.72. The van der Waals surface area contributed by atoms with E-state index in [4.69, 9.17) is 9.47 Å². The number of anilines is 1. The molecule has 7 nitrogen and oxygen atoms in total. The van der Waals surface area contributed by atoms with Crippen molar-refractivity contribution in [1.82, 2.24) is 4.98 Å². The van der Waals surface area contributed by atoms with Gasteiger partial charge in [-0.1, -0.05) is 23.5 Å². The van der Waals surface area contributed by atoms with Gasteiger partial charge in [-0.2, -0.15) is 0 Å². The molecule has 1 amide bonds. The van der Waals surface area contributed by atoms with Crippen LogP contribution in [0.5, 0.6) is 11.5 Å². The van der Waals surface area contributed by atoms with Crippen LogP contribution in [0.4, 0.5) is 9.52 Å². The summed E-state index contributed by atoms with van der Waals surface area (Å²) in [6.45, 7) is 0. The summed E-state index contributed by atoms with van der Waals surface area (Å²) in [5, 5.41) is 11.4. The Morgan fingerprint density at radius 3 is 2.46 bits per heavy atom. The summed E-state index contributed by atoms with van der Waals surface area (Å²) in [6, 6.07) is 16.5. The number of methoxy groups -OCH3 is 2. The van der Waals surface area contributed by atoms with Crippen molar-refractivity contribution in [3.8, 4) is 11.5 Å². The summed E-state index contributed by atoms with van der Waals surface area (Å²) in [4.78, 5) is 32.3. The second-order valence-electron chi connectivity index (χ2n) is 7.78. The highest BCUT2D eigenvalue weighted by molar-refractivity contribution is 7.22. The van der Waals surface area contributed by atoms with Gasteiger partial charge in [-0.25, -0.2) is 9.37 Å². The van der Waals surface area contributed by atoms with Crippen LogP contribution in [0.3, 0.4) is 0 Å². The van der Waals surface area contributed by atoms with Crippen LogP contribution >= 0.6 is 11.3 Å². The van der Waals surface area contributed by atoms with Gasteiger partial charge in [0.2, 0.25) is 0 Å². The van der Waals surface area contributed by atoms with Crippen molar-refractivity contribution in [2.75, 3.05) is 19.1 Å². The number of nitrogens with zero attached hydrogens (tertiary/aromatic N) is 2. The lowest BCUT2D eigenvalue weighted by atomic mass is 9.95. The Labute approximate surface area is 203 Å². The number of hydrogen-bond acceptors (Lipinski definition) is 7. The summed E-state index contributed by atoms with van der Waals surface area (Å²) >= 11 is 1.09. The van der Waals surface area contributed by atoms with Crippen molar-refractivity contribution in [3.63, 3.8) is 0 Å². The number of thiazole rings is 1. The van der Waals surface area contributed by atoms with Gasteiger partial charge in [0.05, 0.1) is 36.1 Å². The Morgan fingerprint density at radius 2 is 1.74 bits per heavy atom. The Morgan fingerprint density at radius 1 is 1.00 bits per heavy atom. The minimum absolute atomic E-state index is 0.0844. The molecule has 1 saturated heterocycles. The first-order valence-electron chi connectivity index (χ1n) is 10.6. The van der Waals surface area contributed by atoms with Gasteiger partial charge in [0.25, 0.3) is 5.78 Å². The lowest BCUT2D eigenvalue weighted by Crippen LogP contribution is -2.29. The number of hydrogen-bond donors (Lipinski definition) is 1. The van der Waals surface area contributed by atoms with E-state index in [0.717, 1.165) is 11.3 Å². The van der Waals surface area contributed by atoms with Crippen LogP contribution in [0.1, 0.15) is 17.2 Å². The first-order valence-corrected chi connectivity index (χ1v) is 11.4. The Bertz CT molecular complexity index is 1500. The van der Waals surface area contributed by atoms with E-state index in [2.05, 4.69) is 4.98 Å². The molecule has 3 aromatic carbocycles. The molecule has 1 aliphatic rings. The summed E-state index contributed by atoms with van der Waals surface area (Å²) in [5.41, 5.74) is 1.30. The van der Waals surface area contributed by atoms with Gasteiger partial charge in [-0.05, 0) is 60.2 Å². The molecule has 1 atom stereocenters. The summed E-state index contributed by atoms with van der Waals surface area (Å²) in [6.07, 6.45) is 0. The molecule has 176 valence electrons.